The third kappa shape index (κ3) is 18.5. The normalized spacial score (nSPS) is 12.5. The molecule has 0 spiro atoms. The summed E-state index contributed by atoms with van der Waals surface area (Å²) in [5.41, 5.74) is 0. The topological polar surface area (TPSA) is 26.3 Å². The van der Waals surface area contributed by atoms with Crippen LogP contribution in [-0.4, -0.2) is 37.8 Å². The zero-order valence-electron chi connectivity index (χ0n) is 17.6. The van der Waals surface area contributed by atoms with Crippen LogP contribution < -0.4 is 17.0 Å². The minimum Gasteiger partial charge on any atom is -1.00 e. The van der Waals surface area contributed by atoms with E-state index in [0.29, 0.717) is 10.9 Å². The molecule has 0 rings (SSSR count). The zero-order chi connectivity index (χ0) is 18.3. The maximum absolute atomic E-state index is 11.8. The van der Waals surface area contributed by atoms with E-state index < -0.39 is 0 Å². The molecule has 0 saturated heterocycles. The third-order valence-electron chi connectivity index (χ3n) is 4.88. The summed E-state index contributed by atoms with van der Waals surface area (Å²) in [4.78, 5) is 11.8. The second-order valence-corrected chi connectivity index (χ2v) is 8.20. The number of hydrogen-bond donors (Lipinski definition) is 0. The smallest absolute Gasteiger partial charge is 0.310 e. The summed E-state index contributed by atoms with van der Waals surface area (Å²) in [5, 5.41) is 0. The Balaban J connectivity index is 0. The molecule has 0 aliphatic carbocycles. The summed E-state index contributed by atoms with van der Waals surface area (Å²) in [5.74, 6) is -0.0429. The molecule has 4 heteroatoms. The summed E-state index contributed by atoms with van der Waals surface area (Å²) in [6.45, 7) is 4.23. The second kappa shape index (κ2) is 17.3. The van der Waals surface area contributed by atoms with E-state index in [1.807, 2.05) is 28.1 Å². The fourth-order valence-corrected chi connectivity index (χ4v) is 2.69. The molecular formula is C21H44BrNO2. The number of ether oxygens (including phenoxy) is 1. The number of esters is 1. The number of carbonyl (C=O) groups is 1. The average Bonchev–Trinajstić information content (AvgIpc) is 2.51. The highest BCUT2D eigenvalue weighted by Crippen LogP contribution is 2.13. The van der Waals surface area contributed by atoms with Gasteiger partial charge in [0.15, 0.2) is 0 Å². The summed E-state index contributed by atoms with van der Waals surface area (Å²) >= 11 is 0. The van der Waals surface area contributed by atoms with Crippen molar-refractivity contribution in [2.45, 2.75) is 110 Å². The van der Waals surface area contributed by atoms with Gasteiger partial charge in [0.1, 0.15) is 0 Å². The van der Waals surface area contributed by atoms with Crippen LogP contribution in [0.25, 0.3) is 0 Å². The van der Waals surface area contributed by atoms with Crippen LogP contribution in [-0.2, 0) is 9.53 Å². The number of rotatable bonds is 16. The van der Waals surface area contributed by atoms with Crippen LogP contribution in [0.15, 0.2) is 0 Å². The molecule has 0 saturated carbocycles. The van der Waals surface area contributed by atoms with Gasteiger partial charge < -0.3 is 21.7 Å². The van der Waals surface area contributed by atoms with Crippen LogP contribution in [0.1, 0.15) is 104 Å². The summed E-state index contributed by atoms with van der Waals surface area (Å²) in [6.07, 6.45) is 17.8. The van der Waals surface area contributed by atoms with Crippen LogP contribution in [0.5, 0.6) is 0 Å². The molecule has 1 atom stereocenters. The first-order chi connectivity index (χ1) is 11.4. The number of hydrogen-bond acceptors (Lipinski definition) is 2. The maximum Gasteiger partial charge on any atom is 0.310 e. The van der Waals surface area contributed by atoms with Crippen LogP contribution in [0.3, 0.4) is 0 Å². The first-order valence-electron chi connectivity index (χ1n) is 10.4. The van der Waals surface area contributed by atoms with Crippen LogP contribution >= 0.6 is 0 Å². The molecule has 0 aliphatic rings. The predicted octanol–water partition coefficient (Wildman–Crippen LogP) is 3.07. The van der Waals surface area contributed by atoms with Gasteiger partial charge in [-0.15, -0.1) is 0 Å². The van der Waals surface area contributed by atoms with Crippen molar-refractivity contribution in [2.24, 2.45) is 0 Å². The van der Waals surface area contributed by atoms with Crippen LogP contribution in [0.2, 0.25) is 0 Å². The summed E-state index contributed by atoms with van der Waals surface area (Å²) in [7, 11) is 6.13. The number of unbranched alkanes of at least 4 members (excludes halogenated alkanes) is 12. The van der Waals surface area contributed by atoms with E-state index in [9.17, 15) is 4.79 Å². The van der Waals surface area contributed by atoms with E-state index in [-0.39, 0.29) is 29.2 Å². The molecule has 25 heavy (non-hydrogen) atoms. The Kier molecular flexibility index (Phi) is 18.8. The third-order valence-corrected chi connectivity index (χ3v) is 4.88. The lowest BCUT2D eigenvalue weighted by molar-refractivity contribution is -0.914. The lowest BCUT2D eigenvalue weighted by Crippen LogP contribution is -3.00. The predicted molar refractivity (Wildman–Crippen MR) is 104 cm³/mol. The Morgan fingerprint density at radius 2 is 1.12 bits per heavy atom. The monoisotopic (exact) mass is 421 g/mol. The minimum atomic E-state index is -0.0699. The Hall–Kier alpha value is -0.0900. The fraction of sp³-hybridized carbons (Fsp3) is 0.952. The molecule has 0 amide bonds. The van der Waals surface area contributed by atoms with Gasteiger partial charge in [0.2, 0.25) is 6.23 Å². The molecule has 0 bridgehead atoms. The Labute approximate surface area is 168 Å². The van der Waals surface area contributed by atoms with Crippen LogP contribution in [0, 0.1) is 0 Å². The Bertz CT molecular complexity index is 303. The highest BCUT2D eigenvalue weighted by Gasteiger charge is 2.21. The van der Waals surface area contributed by atoms with Crippen molar-refractivity contribution in [3.63, 3.8) is 0 Å². The van der Waals surface area contributed by atoms with Gasteiger partial charge in [-0.3, -0.25) is 9.28 Å². The van der Waals surface area contributed by atoms with Crippen molar-refractivity contribution in [3.05, 3.63) is 0 Å². The zero-order valence-corrected chi connectivity index (χ0v) is 19.2. The van der Waals surface area contributed by atoms with Crippen molar-refractivity contribution in [1.82, 2.24) is 0 Å². The first kappa shape index (κ1) is 27.1. The minimum absolute atomic E-state index is 0. The van der Waals surface area contributed by atoms with Gasteiger partial charge in [-0.05, 0) is 6.42 Å². The van der Waals surface area contributed by atoms with Gasteiger partial charge in [0, 0.05) is 13.3 Å². The van der Waals surface area contributed by atoms with Gasteiger partial charge in [0.05, 0.1) is 21.1 Å². The van der Waals surface area contributed by atoms with E-state index in [1.54, 1.807) is 0 Å². The molecule has 0 aromatic rings. The number of carbonyl (C=O) groups excluding carboxylic acids is 1. The molecular weight excluding hydrogens is 378 g/mol. The van der Waals surface area contributed by atoms with Gasteiger partial charge in [0.25, 0.3) is 0 Å². The Morgan fingerprint density at radius 3 is 1.48 bits per heavy atom. The summed E-state index contributed by atoms with van der Waals surface area (Å²) < 4.78 is 6.11. The Morgan fingerprint density at radius 1 is 0.760 bits per heavy atom. The molecule has 0 fully saturated rings. The molecule has 0 aromatic heterocycles. The molecule has 1 unspecified atom stereocenters. The van der Waals surface area contributed by atoms with Gasteiger partial charge in [-0.1, -0.05) is 84.0 Å². The summed E-state index contributed by atoms with van der Waals surface area (Å²) in [6, 6.07) is 0. The quantitative estimate of drug-likeness (QED) is 0.165. The van der Waals surface area contributed by atoms with Crippen molar-refractivity contribution in [1.29, 1.82) is 0 Å². The van der Waals surface area contributed by atoms with E-state index >= 15 is 0 Å². The lowest BCUT2D eigenvalue weighted by atomic mass is 10.0. The largest absolute Gasteiger partial charge is 1.00 e. The highest BCUT2D eigenvalue weighted by molar-refractivity contribution is 5.69. The van der Waals surface area contributed by atoms with Gasteiger partial charge in [-0.25, -0.2) is 0 Å². The lowest BCUT2D eigenvalue weighted by Gasteiger charge is -2.30. The molecule has 0 radical (unpaired) electrons. The van der Waals surface area contributed by atoms with Gasteiger partial charge >= 0.3 is 5.97 Å². The fourth-order valence-electron chi connectivity index (χ4n) is 2.69. The van der Waals surface area contributed by atoms with Crippen molar-refractivity contribution >= 4 is 5.97 Å². The molecule has 0 aliphatic heterocycles. The standard InChI is InChI=1S/C21H44NO2.BrH/c1-6-7-8-9-10-11-12-13-14-15-16-17-18-19-21(23)24-20(2)22(3,4)5;/h20H,6-19H2,1-5H3;1H/q+1;/p-1. The van der Waals surface area contributed by atoms with E-state index in [4.69, 9.17) is 4.74 Å². The molecule has 152 valence electrons. The first-order valence-corrected chi connectivity index (χ1v) is 10.4. The van der Waals surface area contributed by atoms with Gasteiger partial charge in [-0.2, -0.15) is 0 Å². The van der Waals surface area contributed by atoms with E-state index in [1.165, 1.54) is 70.6 Å². The van der Waals surface area contributed by atoms with E-state index in [2.05, 4.69) is 6.92 Å². The van der Waals surface area contributed by atoms with Crippen molar-refractivity contribution in [2.75, 3.05) is 21.1 Å². The molecule has 3 nitrogen and oxygen atoms in total. The average molecular weight is 422 g/mol. The molecule has 0 heterocycles. The number of nitrogens with zero attached hydrogens (tertiary/aromatic N) is 1. The van der Waals surface area contributed by atoms with Crippen LogP contribution in [0.4, 0.5) is 0 Å². The van der Waals surface area contributed by atoms with Crippen molar-refractivity contribution in [3.8, 4) is 0 Å². The molecule has 0 aromatic carbocycles. The SMILES string of the molecule is CCCCCCCCCCCCCCCC(=O)OC(C)[N+](C)(C)C.[Br-]. The number of halogens is 1. The molecule has 0 N–H and O–H groups in total. The van der Waals surface area contributed by atoms with Crippen molar-refractivity contribution < 1.29 is 31.0 Å². The van der Waals surface area contributed by atoms with E-state index in [0.717, 1.165) is 12.8 Å². The highest BCUT2D eigenvalue weighted by atomic mass is 79.9. The maximum atomic E-state index is 11.8. The number of quaternary nitrogens is 1. The second-order valence-electron chi connectivity index (χ2n) is 8.20.